The summed E-state index contributed by atoms with van der Waals surface area (Å²) < 4.78 is 35.1. The molecule has 2 aliphatic heterocycles. The maximum absolute atomic E-state index is 12.7. The zero-order valence-electron chi connectivity index (χ0n) is 43.1. The van der Waals surface area contributed by atoms with Crippen molar-refractivity contribution < 1.29 is 53.6 Å². The molecule has 0 spiro atoms. The number of rotatable bonds is 45. The van der Waals surface area contributed by atoms with Gasteiger partial charge in [0, 0.05) is 25.9 Å². The Labute approximate surface area is 413 Å². The van der Waals surface area contributed by atoms with Crippen LogP contribution in [0.3, 0.4) is 0 Å². The van der Waals surface area contributed by atoms with Crippen LogP contribution >= 0.6 is 0 Å². The van der Waals surface area contributed by atoms with Crippen molar-refractivity contribution in [2.45, 2.75) is 223 Å². The maximum Gasteiger partial charge on any atom is 0.234 e. The highest BCUT2D eigenvalue weighted by atomic mass is 16.7. The second kappa shape index (κ2) is 42.7. The van der Waals surface area contributed by atoms with E-state index < -0.39 is 43.1 Å². The number of aliphatic hydroxyl groups excluding tert-OH is 4. The topological polar surface area (TPSA) is 169 Å². The van der Waals surface area contributed by atoms with E-state index in [-0.39, 0.29) is 31.8 Å². The summed E-state index contributed by atoms with van der Waals surface area (Å²) in [4.78, 5) is 14.7. The van der Waals surface area contributed by atoms with Crippen molar-refractivity contribution in [1.82, 2.24) is 10.2 Å². The van der Waals surface area contributed by atoms with Gasteiger partial charge in [0.15, 0.2) is 12.1 Å². The SMILES string of the molecule is CCCCC/C=C\C/C=C\CCCCCCCCC1(CCCCCCCC/C=C\C/C=C\CCCCC)OC[C@H](CN(C)CC(=O)NCCOCCOCCO[C@@H]2OC(CO)[C@@H](O)C(O)[C@H]2O)O1. The van der Waals surface area contributed by atoms with E-state index in [1.807, 2.05) is 11.9 Å². The Morgan fingerprint density at radius 1 is 0.632 bits per heavy atom. The minimum Gasteiger partial charge on any atom is -0.394 e. The Hall–Kier alpha value is -2.01. The molecule has 2 saturated heterocycles. The Balaban J connectivity index is 1.63. The van der Waals surface area contributed by atoms with Crippen LogP contribution in [0, 0.1) is 0 Å². The first-order valence-electron chi connectivity index (χ1n) is 27.2. The van der Waals surface area contributed by atoms with Gasteiger partial charge in [-0.1, -0.05) is 140 Å². The number of hydrogen-bond donors (Lipinski definition) is 5. The predicted octanol–water partition coefficient (Wildman–Crippen LogP) is 9.40. The lowest BCUT2D eigenvalue weighted by Crippen LogP contribution is -2.59. The fourth-order valence-corrected chi connectivity index (χ4v) is 8.58. The van der Waals surface area contributed by atoms with Crippen LogP contribution in [0.4, 0.5) is 0 Å². The van der Waals surface area contributed by atoms with Gasteiger partial charge in [-0.2, -0.15) is 0 Å². The first-order valence-corrected chi connectivity index (χ1v) is 27.2. The molecule has 396 valence electrons. The fraction of sp³-hybridized carbons (Fsp3) is 0.836. The van der Waals surface area contributed by atoms with Gasteiger partial charge in [0.25, 0.3) is 0 Å². The molecule has 2 unspecified atom stereocenters. The molecule has 2 heterocycles. The summed E-state index contributed by atoms with van der Waals surface area (Å²) in [5.41, 5.74) is 0. The van der Waals surface area contributed by atoms with E-state index in [0.717, 1.165) is 38.5 Å². The fourth-order valence-electron chi connectivity index (χ4n) is 8.58. The Morgan fingerprint density at radius 2 is 1.12 bits per heavy atom. The van der Waals surface area contributed by atoms with Crippen molar-refractivity contribution in [2.24, 2.45) is 0 Å². The molecular weight excluding hydrogens is 865 g/mol. The van der Waals surface area contributed by atoms with Gasteiger partial charge < -0.3 is 54.2 Å². The summed E-state index contributed by atoms with van der Waals surface area (Å²) in [6.07, 6.45) is 43.2. The van der Waals surface area contributed by atoms with Crippen LogP contribution in [-0.4, -0.2) is 147 Å². The molecule has 0 aromatic rings. The van der Waals surface area contributed by atoms with Crippen molar-refractivity contribution in [3.8, 4) is 0 Å². The smallest absolute Gasteiger partial charge is 0.234 e. The van der Waals surface area contributed by atoms with Crippen LogP contribution in [0.25, 0.3) is 0 Å². The molecule has 5 N–H and O–H groups in total. The van der Waals surface area contributed by atoms with E-state index in [0.29, 0.717) is 39.5 Å². The van der Waals surface area contributed by atoms with Gasteiger partial charge in [-0.15, -0.1) is 0 Å². The average molecular weight is 965 g/mol. The largest absolute Gasteiger partial charge is 0.394 e. The molecule has 0 saturated carbocycles. The number of ether oxygens (including phenoxy) is 6. The molecule has 68 heavy (non-hydrogen) atoms. The number of hydrogen-bond acceptors (Lipinski definition) is 12. The first-order chi connectivity index (χ1) is 33.2. The van der Waals surface area contributed by atoms with Gasteiger partial charge in [-0.05, 0) is 84.1 Å². The molecule has 0 aromatic carbocycles. The Morgan fingerprint density at radius 3 is 1.65 bits per heavy atom. The second-order valence-electron chi connectivity index (χ2n) is 19.0. The van der Waals surface area contributed by atoms with Crippen molar-refractivity contribution in [1.29, 1.82) is 0 Å². The minimum atomic E-state index is -1.49. The van der Waals surface area contributed by atoms with E-state index in [9.17, 15) is 25.2 Å². The van der Waals surface area contributed by atoms with E-state index in [1.165, 1.54) is 128 Å². The zero-order valence-corrected chi connectivity index (χ0v) is 43.1. The number of allylic oxidation sites excluding steroid dienone is 8. The molecule has 0 radical (unpaired) electrons. The van der Waals surface area contributed by atoms with Crippen molar-refractivity contribution >= 4 is 5.91 Å². The minimum absolute atomic E-state index is 0.0683. The number of amides is 1. The summed E-state index contributed by atoms with van der Waals surface area (Å²) >= 11 is 0. The van der Waals surface area contributed by atoms with Crippen LogP contribution in [0.2, 0.25) is 0 Å². The third-order valence-electron chi connectivity index (χ3n) is 12.7. The molecule has 0 aromatic heterocycles. The Bertz CT molecular complexity index is 1250. The van der Waals surface area contributed by atoms with E-state index in [1.54, 1.807) is 0 Å². The second-order valence-corrected chi connectivity index (χ2v) is 19.0. The number of likely N-dealkylation sites (N-methyl/N-ethyl adjacent to an activating group) is 1. The van der Waals surface area contributed by atoms with Crippen molar-refractivity contribution in [2.75, 3.05) is 72.9 Å². The molecule has 2 aliphatic rings. The highest BCUT2D eigenvalue weighted by Crippen LogP contribution is 2.35. The number of carbonyl (C=O) groups is 1. The van der Waals surface area contributed by atoms with Crippen LogP contribution < -0.4 is 5.32 Å². The maximum atomic E-state index is 12.7. The summed E-state index contributed by atoms with van der Waals surface area (Å²) in [5.74, 6) is -0.609. The van der Waals surface area contributed by atoms with Crippen molar-refractivity contribution in [3.05, 3.63) is 48.6 Å². The van der Waals surface area contributed by atoms with Crippen LogP contribution in [-0.2, 0) is 33.2 Å². The van der Waals surface area contributed by atoms with Gasteiger partial charge in [-0.25, -0.2) is 0 Å². The van der Waals surface area contributed by atoms with Gasteiger partial charge in [0.2, 0.25) is 5.91 Å². The van der Waals surface area contributed by atoms with E-state index in [4.69, 9.17) is 28.4 Å². The van der Waals surface area contributed by atoms with E-state index >= 15 is 0 Å². The lowest BCUT2D eigenvalue weighted by molar-refractivity contribution is -0.302. The lowest BCUT2D eigenvalue weighted by atomic mass is 9.98. The van der Waals surface area contributed by atoms with Gasteiger partial charge in [0.1, 0.15) is 24.4 Å². The summed E-state index contributed by atoms with van der Waals surface area (Å²) in [6, 6.07) is 0. The quantitative estimate of drug-likeness (QED) is 0.0290. The molecule has 2 fully saturated rings. The summed E-state index contributed by atoms with van der Waals surface area (Å²) in [5, 5.41) is 42.0. The standard InChI is InChI=1S/C55H100N2O11/c1-4-6-8-10-12-14-16-18-20-22-24-26-28-30-32-34-36-55(37-35-33-31-29-27-25-23-21-19-17-15-13-11-9-7-5-2)66-47-48(68-55)44-57(3)45-50(59)56-38-39-63-40-41-64-42-43-65-54-53(62)52(61)51(60)49(46-58)67-54/h12-15,18-21,48-49,51-54,58,60-62H,4-11,16-17,22-47H2,1-3H3,(H,56,59)/b14-12-,15-13-,20-18-,21-19-/t48-,49?,51+,52?,53+,54+/m0/s1. The number of aliphatic hydroxyl groups is 4. The lowest BCUT2D eigenvalue weighted by Gasteiger charge is -2.39. The molecule has 0 aliphatic carbocycles. The van der Waals surface area contributed by atoms with E-state index in [2.05, 4.69) is 67.8 Å². The van der Waals surface area contributed by atoms with Crippen LogP contribution in [0.1, 0.15) is 181 Å². The van der Waals surface area contributed by atoms with Gasteiger partial charge in [-0.3, -0.25) is 9.69 Å². The highest BCUT2D eigenvalue weighted by molar-refractivity contribution is 5.77. The average Bonchev–Trinajstić information content (AvgIpc) is 3.73. The zero-order chi connectivity index (χ0) is 49.2. The highest BCUT2D eigenvalue weighted by Gasteiger charge is 2.44. The number of nitrogens with zero attached hydrogens (tertiary/aromatic N) is 1. The molecule has 0 bridgehead atoms. The molecular formula is C55H100N2O11. The normalized spacial score (nSPS) is 22.1. The molecule has 13 heteroatoms. The Kier molecular flexibility index (Phi) is 39.0. The third-order valence-corrected chi connectivity index (χ3v) is 12.7. The number of nitrogens with one attached hydrogen (secondary N) is 1. The van der Waals surface area contributed by atoms with Gasteiger partial charge >= 0.3 is 0 Å². The summed E-state index contributed by atoms with van der Waals surface area (Å²) in [6.45, 7) is 6.99. The molecule has 13 nitrogen and oxygen atoms in total. The van der Waals surface area contributed by atoms with Crippen LogP contribution in [0.15, 0.2) is 48.6 Å². The van der Waals surface area contributed by atoms with Crippen molar-refractivity contribution in [3.63, 3.8) is 0 Å². The first kappa shape index (κ1) is 62.1. The predicted molar refractivity (Wildman–Crippen MR) is 273 cm³/mol. The monoisotopic (exact) mass is 965 g/mol. The molecule has 6 atom stereocenters. The molecule has 1 amide bonds. The van der Waals surface area contributed by atoms with Crippen LogP contribution in [0.5, 0.6) is 0 Å². The molecule has 2 rings (SSSR count). The van der Waals surface area contributed by atoms with Gasteiger partial charge in [0.05, 0.1) is 58.9 Å². The number of carbonyl (C=O) groups excluding carboxylic acids is 1. The third kappa shape index (κ3) is 31.4. The number of unbranched alkanes of at least 4 members (excludes halogenated alkanes) is 18. The summed E-state index contributed by atoms with van der Waals surface area (Å²) in [7, 11) is 1.95.